The molecule has 0 saturated heterocycles. The van der Waals surface area contributed by atoms with E-state index >= 15 is 0 Å². The Labute approximate surface area is 197 Å². The Morgan fingerprint density at radius 1 is 1.03 bits per heavy atom. The molecule has 0 spiro atoms. The largest absolute Gasteiger partial charge is 0.493 e. The highest BCUT2D eigenvalue weighted by Gasteiger charge is 2.31. The molecule has 1 aliphatic heterocycles. The van der Waals surface area contributed by atoms with Crippen molar-refractivity contribution in [1.29, 1.82) is 0 Å². The third-order valence-corrected chi connectivity index (χ3v) is 6.65. The zero-order chi connectivity index (χ0) is 23.6. The second-order valence-electron chi connectivity index (χ2n) is 7.34. The van der Waals surface area contributed by atoms with Crippen LogP contribution in [0.2, 0.25) is 10.0 Å². The minimum absolute atomic E-state index is 0.0692. The van der Waals surface area contributed by atoms with Crippen LogP contribution in [0.25, 0.3) is 0 Å². The molecular formula is C21H24Cl2N2O6S. The minimum atomic E-state index is -4.12. The van der Waals surface area contributed by atoms with Crippen molar-refractivity contribution in [2.75, 3.05) is 32.7 Å². The Bertz CT molecular complexity index is 1130. The molecule has 3 rings (SSSR count). The lowest BCUT2D eigenvalue weighted by Gasteiger charge is -2.20. The highest BCUT2D eigenvalue weighted by atomic mass is 35.5. The number of aliphatic imine (C=N–C) groups is 1. The summed E-state index contributed by atoms with van der Waals surface area (Å²) < 4.78 is 51.2. The zero-order valence-electron chi connectivity index (χ0n) is 18.2. The summed E-state index contributed by atoms with van der Waals surface area (Å²) in [4.78, 5) is 4.50. The van der Waals surface area contributed by atoms with Crippen LogP contribution in [-0.4, -0.2) is 48.3 Å². The molecule has 0 radical (unpaired) electrons. The molecule has 0 saturated carbocycles. The van der Waals surface area contributed by atoms with E-state index in [1.807, 2.05) is 13.8 Å². The lowest BCUT2D eigenvalue weighted by Crippen LogP contribution is -2.17. The molecule has 8 nitrogen and oxygen atoms in total. The molecule has 32 heavy (non-hydrogen) atoms. The smallest absolute Gasteiger partial charge is 0.262 e. The number of anilines is 1. The average molecular weight is 503 g/mol. The van der Waals surface area contributed by atoms with E-state index in [4.69, 9.17) is 42.1 Å². The number of benzene rings is 2. The van der Waals surface area contributed by atoms with Crippen molar-refractivity contribution in [1.82, 2.24) is 0 Å². The predicted molar refractivity (Wildman–Crippen MR) is 124 cm³/mol. The highest BCUT2D eigenvalue weighted by Crippen LogP contribution is 2.46. The first-order valence-electron chi connectivity index (χ1n) is 9.64. The summed E-state index contributed by atoms with van der Waals surface area (Å²) in [5.41, 5.74) is 0.434. The SMILES string of the molecule is COc1cc(C2=N[C@@H](C(C)C)CO2)c(NS(=O)(=O)c2cc(Cl)cc(Cl)c2)c(OC)c1OC. The van der Waals surface area contributed by atoms with Gasteiger partial charge < -0.3 is 18.9 Å². The van der Waals surface area contributed by atoms with Gasteiger partial charge in [0.05, 0.1) is 37.8 Å². The quantitative estimate of drug-likeness (QED) is 0.565. The van der Waals surface area contributed by atoms with Crippen molar-refractivity contribution in [3.05, 3.63) is 39.9 Å². The third-order valence-electron chi connectivity index (χ3n) is 4.89. The molecule has 11 heteroatoms. The number of ether oxygens (including phenoxy) is 4. The molecular weight excluding hydrogens is 479 g/mol. The van der Waals surface area contributed by atoms with Crippen LogP contribution in [0, 0.1) is 5.92 Å². The first-order chi connectivity index (χ1) is 15.1. The number of hydrogen-bond acceptors (Lipinski definition) is 7. The molecule has 0 aromatic heterocycles. The number of methoxy groups -OCH3 is 3. The Balaban J connectivity index is 2.21. The summed E-state index contributed by atoms with van der Waals surface area (Å²) >= 11 is 12.0. The van der Waals surface area contributed by atoms with Gasteiger partial charge in [0.25, 0.3) is 10.0 Å². The van der Waals surface area contributed by atoms with Crippen LogP contribution in [-0.2, 0) is 14.8 Å². The number of nitrogens with zero attached hydrogens (tertiary/aromatic N) is 1. The Morgan fingerprint density at radius 2 is 1.66 bits per heavy atom. The van der Waals surface area contributed by atoms with Crippen LogP contribution in [0.3, 0.4) is 0 Å². The molecule has 0 bridgehead atoms. The average Bonchev–Trinajstić information content (AvgIpc) is 3.22. The van der Waals surface area contributed by atoms with Gasteiger partial charge in [0.15, 0.2) is 11.5 Å². The number of sulfonamides is 1. The Hall–Kier alpha value is -2.36. The van der Waals surface area contributed by atoms with Gasteiger partial charge in [-0.25, -0.2) is 13.4 Å². The fourth-order valence-corrected chi connectivity index (χ4v) is 4.99. The van der Waals surface area contributed by atoms with E-state index in [0.717, 1.165) is 0 Å². The van der Waals surface area contributed by atoms with Gasteiger partial charge in [-0.3, -0.25) is 4.72 Å². The maximum atomic E-state index is 13.2. The lowest BCUT2D eigenvalue weighted by atomic mass is 10.1. The summed E-state index contributed by atoms with van der Waals surface area (Å²) in [6.07, 6.45) is 0. The van der Waals surface area contributed by atoms with Crippen molar-refractivity contribution >= 4 is 44.8 Å². The molecule has 1 aliphatic rings. The lowest BCUT2D eigenvalue weighted by molar-refractivity contribution is 0.291. The number of rotatable bonds is 8. The maximum absolute atomic E-state index is 13.2. The monoisotopic (exact) mass is 502 g/mol. The van der Waals surface area contributed by atoms with E-state index < -0.39 is 10.0 Å². The number of halogens is 2. The van der Waals surface area contributed by atoms with E-state index in [1.54, 1.807) is 6.07 Å². The van der Waals surface area contributed by atoms with Crippen molar-refractivity contribution in [2.45, 2.75) is 24.8 Å². The molecule has 2 aromatic rings. The maximum Gasteiger partial charge on any atom is 0.262 e. The molecule has 0 aliphatic carbocycles. The Morgan fingerprint density at radius 3 is 2.16 bits per heavy atom. The first-order valence-corrected chi connectivity index (χ1v) is 11.9. The van der Waals surface area contributed by atoms with Crippen LogP contribution in [0.1, 0.15) is 19.4 Å². The molecule has 1 atom stereocenters. The van der Waals surface area contributed by atoms with Gasteiger partial charge in [-0.15, -0.1) is 0 Å². The minimum Gasteiger partial charge on any atom is -0.493 e. The van der Waals surface area contributed by atoms with Crippen molar-refractivity contribution in [3.63, 3.8) is 0 Å². The van der Waals surface area contributed by atoms with Crippen LogP contribution in [0.5, 0.6) is 17.2 Å². The van der Waals surface area contributed by atoms with Gasteiger partial charge in [0.2, 0.25) is 11.6 Å². The normalized spacial score (nSPS) is 15.9. The topological polar surface area (TPSA) is 95.5 Å². The van der Waals surface area contributed by atoms with Gasteiger partial charge in [-0.05, 0) is 30.2 Å². The molecule has 0 amide bonds. The van der Waals surface area contributed by atoms with Crippen LogP contribution < -0.4 is 18.9 Å². The number of nitrogens with one attached hydrogen (secondary N) is 1. The fourth-order valence-electron chi connectivity index (χ4n) is 3.18. The van der Waals surface area contributed by atoms with Gasteiger partial charge in [-0.1, -0.05) is 37.0 Å². The van der Waals surface area contributed by atoms with Crippen molar-refractivity contribution in [2.24, 2.45) is 10.9 Å². The van der Waals surface area contributed by atoms with Gasteiger partial charge >= 0.3 is 0 Å². The van der Waals surface area contributed by atoms with Gasteiger partial charge in [0.1, 0.15) is 12.3 Å². The second kappa shape index (κ2) is 9.64. The standard InChI is InChI=1S/C21H24Cl2N2O6S/c1-11(2)16-10-31-21(24-16)15-9-17(28-3)19(29-4)20(30-5)18(15)25-32(26,27)14-7-12(22)6-13(23)8-14/h6-9,11,16,25H,10H2,1-5H3/t16-/m1/s1. The fraction of sp³-hybridized carbons (Fsp3) is 0.381. The van der Waals surface area contributed by atoms with Gasteiger partial charge in [0, 0.05) is 10.0 Å². The van der Waals surface area contributed by atoms with Crippen LogP contribution in [0.4, 0.5) is 5.69 Å². The Kier molecular flexibility index (Phi) is 7.32. The summed E-state index contributed by atoms with van der Waals surface area (Å²) in [5.74, 6) is 1.15. The molecule has 1 heterocycles. The van der Waals surface area contributed by atoms with E-state index in [-0.39, 0.29) is 50.0 Å². The first kappa shape index (κ1) is 24.3. The van der Waals surface area contributed by atoms with Crippen molar-refractivity contribution < 1.29 is 27.4 Å². The summed E-state index contributed by atoms with van der Waals surface area (Å²) in [5, 5.41) is 0.362. The second-order valence-corrected chi connectivity index (χ2v) is 9.89. The van der Waals surface area contributed by atoms with Gasteiger partial charge in [-0.2, -0.15) is 0 Å². The summed E-state index contributed by atoms with van der Waals surface area (Å²) in [6.45, 7) is 4.43. The summed E-state index contributed by atoms with van der Waals surface area (Å²) in [6, 6.07) is 5.55. The number of hydrogen-bond donors (Lipinski definition) is 1. The molecule has 174 valence electrons. The van der Waals surface area contributed by atoms with E-state index in [0.29, 0.717) is 17.9 Å². The summed E-state index contributed by atoms with van der Waals surface area (Å²) in [7, 11) is 0.158. The van der Waals surface area contributed by atoms with Crippen LogP contribution >= 0.6 is 23.2 Å². The molecule has 1 N–H and O–H groups in total. The highest BCUT2D eigenvalue weighted by molar-refractivity contribution is 7.92. The van der Waals surface area contributed by atoms with E-state index in [9.17, 15) is 8.42 Å². The van der Waals surface area contributed by atoms with Crippen molar-refractivity contribution in [3.8, 4) is 17.2 Å². The van der Waals surface area contributed by atoms with E-state index in [1.165, 1.54) is 39.5 Å². The van der Waals surface area contributed by atoms with E-state index in [2.05, 4.69) is 9.71 Å². The third kappa shape index (κ3) is 4.84. The van der Waals surface area contributed by atoms with Crippen LogP contribution in [0.15, 0.2) is 34.2 Å². The zero-order valence-corrected chi connectivity index (χ0v) is 20.6. The molecule has 0 fully saturated rings. The molecule has 0 unspecified atom stereocenters. The molecule has 2 aromatic carbocycles. The predicted octanol–water partition coefficient (Wildman–Crippen LogP) is 4.62.